The van der Waals surface area contributed by atoms with Crippen molar-refractivity contribution in [1.29, 1.82) is 0 Å². The third-order valence-corrected chi connectivity index (χ3v) is 2.55. The van der Waals surface area contributed by atoms with Crippen molar-refractivity contribution in [3.05, 3.63) is 36.1 Å². The van der Waals surface area contributed by atoms with Gasteiger partial charge >= 0.3 is 0 Å². The van der Waals surface area contributed by atoms with E-state index >= 15 is 0 Å². The highest BCUT2D eigenvalue weighted by molar-refractivity contribution is 5.99. The zero-order valence-corrected chi connectivity index (χ0v) is 11.8. The fourth-order valence-electron chi connectivity index (χ4n) is 1.61. The minimum Gasteiger partial charge on any atom is -0.465 e. The summed E-state index contributed by atoms with van der Waals surface area (Å²) in [6, 6.07) is 4.96. The van der Waals surface area contributed by atoms with E-state index in [1.807, 2.05) is 6.92 Å². The monoisotopic (exact) mass is 276 g/mol. The first-order valence-corrected chi connectivity index (χ1v) is 6.55. The predicted molar refractivity (Wildman–Crippen MR) is 78.8 cm³/mol. The normalized spacial score (nSPS) is 10.6. The van der Waals surface area contributed by atoms with Crippen molar-refractivity contribution in [2.75, 3.05) is 11.9 Å². The van der Waals surface area contributed by atoms with Gasteiger partial charge in [-0.2, -0.15) is 0 Å². The van der Waals surface area contributed by atoms with Crippen LogP contribution in [0.15, 0.2) is 30.5 Å². The van der Waals surface area contributed by atoms with E-state index in [0.717, 1.165) is 6.42 Å². The lowest BCUT2D eigenvalue weighted by molar-refractivity contribution is -0.116. The van der Waals surface area contributed by atoms with Crippen LogP contribution in [0.3, 0.4) is 0 Å². The van der Waals surface area contributed by atoms with Crippen molar-refractivity contribution in [3.8, 4) is 5.75 Å². The van der Waals surface area contributed by atoms with Gasteiger partial charge in [-0.25, -0.2) is 0 Å². The summed E-state index contributed by atoms with van der Waals surface area (Å²) in [4.78, 5) is 23.2. The summed E-state index contributed by atoms with van der Waals surface area (Å²) in [7, 11) is 0. The molecule has 3 N–H and O–H groups in total. The number of Topliss-reactive ketones (excluding diaryl/α,β-unsaturated/α-hetero) is 1. The lowest BCUT2D eigenvalue weighted by Gasteiger charge is -2.10. The molecule has 0 saturated carbocycles. The molecule has 0 unspecified atom stereocenters. The maximum Gasteiger partial charge on any atom is 0.224 e. The number of amides is 1. The Bertz CT molecular complexity index is 510. The summed E-state index contributed by atoms with van der Waals surface area (Å²) in [6.45, 7) is 3.74. The molecule has 0 aliphatic rings. The highest BCUT2D eigenvalue weighted by atomic mass is 16.5. The van der Waals surface area contributed by atoms with Crippen LogP contribution in [0.2, 0.25) is 0 Å². The van der Waals surface area contributed by atoms with Gasteiger partial charge in [0.05, 0.1) is 11.8 Å². The van der Waals surface area contributed by atoms with Gasteiger partial charge in [-0.1, -0.05) is 6.92 Å². The van der Waals surface area contributed by atoms with Gasteiger partial charge in [0.25, 0.3) is 0 Å². The number of ether oxygens (including phenoxy) is 1. The molecule has 5 nitrogen and oxygen atoms in total. The molecular formula is C15H20N2O3. The molecule has 20 heavy (non-hydrogen) atoms. The molecule has 108 valence electrons. The Balaban J connectivity index is 2.92. The number of carbonyl (C=O) groups excluding carboxylic acids is 2. The molecule has 0 heterocycles. The van der Waals surface area contributed by atoms with Gasteiger partial charge in [0.15, 0.2) is 5.78 Å². The molecule has 0 aliphatic heterocycles. The van der Waals surface area contributed by atoms with Gasteiger partial charge in [-0.3, -0.25) is 9.59 Å². The summed E-state index contributed by atoms with van der Waals surface area (Å²) in [5.41, 5.74) is 6.32. The summed E-state index contributed by atoms with van der Waals surface area (Å²) < 4.78 is 5.35. The number of nitrogens with one attached hydrogen (secondary N) is 1. The van der Waals surface area contributed by atoms with Gasteiger partial charge in [0, 0.05) is 18.7 Å². The third-order valence-electron chi connectivity index (χ3n) is 2.55. The van der Waals surface area contributed by atoms with Crippen molar-refractivity contribution < 1.29 is 14.3 Å². The van der Waals surface area contributed by atoms with Gasteiger partial charge in [0.1, 0.15) is 5.75 Å². The Morgan fingerprint density at radius 2 is 2.15 bits per heavy atom. The van der Waals surface area contributed by atoms with Crippen LogP contribution in [-0.2, 0) is 4.79 Å². The van der Waals surface area contributed by atoms with Crippen molar-refractivity contribution in [2.45, 2.75) is 26.7 Å². The molecule has 0 radical (unpaired) electrons. The molecule has 1 rings (SSSR count). The van der Waals surface area contributed by atoms with Crippen LogP contribution < -0.4 is 15.8 Å². The van der Waals surface area contributed by atoms with Crippen LogP contribution in [0.1, 0.15) is 37.0 Å². The molecule has 0 saturated heterocycles. The fourth-order valence-corrected chi connectivity index (χ4v) is 1.61. The van der Waals surface area contributed by atoms with E-state index in [4.69, 9.17) is 10.5 Å². The van der Waals surface area contributed by atoms with Crippen molar-refractivity contribution in [1.82, 2.24) is 0 Å². The molecule has 0 aliphatic carbocycles. The number of ketones is 1. The number of rotatable bonds is 7. The Kier molecular flexibility index (Phi) is 6.46. The van der Waals surface area contributed by atoms with Gasteiger partial charge in [-0.05, 0) is 37.6 Å². The van der Waals surface area contributed by atoms with E-state index in [-0.39, 0.29) is 11.7 Å². The Morgan fingerprint density at radius 1 is 1.40 bits per heavy atom. The van der Waals surface area contributed by atoms with E-state index in [2.05, 4.69) is 5.32 Å². The second-order valence-electron chi connectivity index (χ2n) is 4.29. The molecular weight excluding hydrogens is 256 g/mol. The quantitative estimate of drug-likeness (QED) is 0.592. The largest absolute Gasteiger partial charge is 0.465 e. The first-order chi connectivity index (χ1) is 9.58. The van der Waals surface area contributed by atoms with E-state index in [1.165, 1.54) is 13.2 Å². The molecule has 1 aromatic rings. The number of benzene rings is 1. The Hall–Kier alpha value is -2.14. The highest BCUT2D eigenvalue weighted by Crippen LogP contribution is 2.24. The zero-order valence-electron chi connectivity index (χ0n) is 11.8. The minimum absolute atomic E-state index is 0.0707. The molecule has 0 spiro atoms. The Morgan fingerprint density at radius 3 is 2.75 bits per heavy atom. The molecule has 1 aromatic carbocycles. The van der Waals surface area contributed by atoms with Crippen LogP contribution in [0.25, 0.3) is 0 Å². The van der Waals surface area contributed by atoms with Crippen molar-refractivity contribution in [2.24, 2.45) is 5.73 Å². The summed E-state index contributed by atoms with van der Waals surface area (Å²) in [6.07, 6.45) is 4.31. The lowest BCUT2D eigenvalue weighted by atomic mass is 10.1. The topological polar surface area (TPSA) is 81.4 Å². The van der Waals surface area contributed by atoms with Crippen LogP contribution >= 0.6 is 0 Å². The second kappa shape index (κ2) is 8.12. The van der Waals surface area contributed by atoms with Gasteiger partial charge < -0.3 is 15.8 Å². The smallest absolute Gasteiger partial charge is 0.224 e. The average Bonchev–Trinajstić information content (AvgIpc) is 2.40. The number of carbonyl (C=O) groups is 2. The van der Waals surface area contributed by atoms with Crippen molar-refractivity contribution >= 4 is 17.4 Å². The molecule has 1 amide bonds. The first-order valence-electron chi connectivity index (χ1n) is 6.55. The fraction of sp³-hybridized carbons (Fsp3) is 0.333. The van der Waals surface area contributed by atoms with Gasteiger partial charge in [-0.15, -0.1) is 0 Å². The molecule has 0 atom stereocenters. The first kappa shape index (κ1) is 15.9. The predicted octanol–water partition coefficient (Wildman–Crippen LogP) is 2.48. The zero-order chi connectivity index (χ0) is 15.0. The van der Waals surface area contributed by atoms with Crippen LogP contribution in [0, 0.1) is 0 Å². The van der Waals surface area contributed by atoms with Crippen LogP contribution in [-0.4, -0.2) is 18.2 Å². The maximum absolute atomic E-state index is 11.6. The second-order valence-corrected chi connectivity index (χ2v) is 4.29. The standard InChI is InChI=1S/C15H20N2O3/c1-3-5-15(19)17-12-6-7-14(20-9-4-8-16)13(10-12)11(2)18/h4,6-7,9-10H,3,5,8,16H2,1-2H3,(H,17,19)/b9-4+. The van der Waals surface area contributed by atoms with Crippen LogP contribution in [0.5, 0.6) is 5.75 Å². The average molecular weight is 276 g/mol. The maximum atomic E-state index is 11.6. The highest BCUT2D eigenvalue weighted by Gasteiger charge is 2.10. The van der Waals surface area contributed by atoms with E-state index in [0.29, 0.717) is 30.0 Å². The minimum atomic E-state index is -0.132. The summed E-state index contributed by atoms with van der Waals surface area (Å²) in [5.74, 6) is 0.238. The van der Waals surface area contributed by atoms with E-state index < -0.39 is 0 Å². The Labute approximate surface area is 118 Å². The summed E-state index contributed by atoms with van der Waals surface area (Å²) >= 11 is 0. The number of anilines is 1. The third kappa shape index (κ3) is 4.85. The summed E-state index contributed by atoms with van der Waals surface area (Å²) in [5, 5.41) is 2.75. The molecule has 0 bridgehead atoms. The number of hydrogen-bond donors (Lipinski definition) is 2. The molecule has 5 heteroatoms. The lowest BCUT2D eigenvalue weighted by Crippen LogP contribution is -2.11. The van der Waals surface area contributed by atoms with Crippen molar-refractivity contribution in [3.63, 3.8) is 0 Å². The van der Waals surface area contributed by atoms with Crippen LogP contribution in [0.4, 0.5) is 5.69 Å². The SMILES string of the molecule is CCCC(=O)Nc1ccc(O/C=C/CN)c(C(C)=O)c1. The van der Waals surface area contributed by atoms with E-state index in [9.17, 15) is 9.59 Å². The van der Waals surface area contributed by atoms with Gasteiger partial charge in [0.2, 0.25) is 5.91 Å². The van der Waals surface area contributed by atoms with E-state index in [1.54, 1.807) is 24.3 Å². The number of hydrogen-bond acceptors (Lipinski definition) is 4. The molecule has 0 aromatic heterocycles. The number of nitrogens with two attached hydrogens (primary N) is 1. The molecule has 0 fully saturated rings.